The molecule has 2 atom stereocenters. The zero-order valence-corrected chi connectivity index (χ0v) is 13.4. The summed E-state index contributed by atoms with van der Waals surface area (Å²) in [5.41, 5.74) is 0.445. The third-order valence-electron chi connectivity index (χ3n) is 5.42. The molecule has 3 rings (SSSR count). The number of rotatable bonds is 5. The van der Waals surface area contributed by atoms with E-state index in [9.17, 15) is 0 Å². The molecule has 1 spiro atoms. The smallest absolute Gasteiger partial charge is 0.0661 e. The van der Waals surface area contributed by atoms with E-state index < -0.39 is 0 Å². The van der Waals surface area contributed by atoms with E-state index in [1.54, 1.807) is 0 Å². The average molecular weight is 293 g/mol. The summed E-state index contributed by atoms with van der Waals surface area (Å²) in [6, 6.07) is 5.03. The predicted octanol–water partition coefficient (Wildman–Crippen LogP) is 4.01. The third-order valence-corrected chi connectivity index (χ3v) is 6.35. The van der Waals surface area contributed by atoms with Crippen molar-refractivity contribution < 1.29 is 4.74 Å². The van der Waals surface area contributed by atoms with Crippen LogP contribution in [-0.4, -0.2) is 25.8 Å². The second kappa shape index (κ2) is 6.59. The molecule has 0 aliphatic heterocycles. The van der Waals surface area contributed by atoms with E-state index in [0.29, 0.717) is 17.6 Å². The summed E-state index contributed by atoms with van der Waals surface area (Å²) in [5.74, 6) is 0. The highest BCUT2D eigenvalue weighted by molar-refractivity contribution is 7.09. The first-order valence-electron chi connectivity index (χ1n) is 8.16. The number of ether oxygens (including phenoxy) is 1. The maximum Gasteiger partial charge on any atom is 0.0661 e. The van der Waals surface area contributed by atoms with Crippen molar-refractivity contribution in [2.75, 3.05) is 13.7 Å². The van der Waals surface area contributed by atoms with Gasteiger partial charge in [0.25, 0.3) is 0 Å². The lowest BCUT2D eigenvalue weighted by molar-refractivity contribution is -0.141. The molecule has 1 N–H and O–H groups in total. The SMILES string of the molecule is CNC1CC(OCCc2cccs2)C12CCCCCC2. The molecule has 0 aromatic carbocycles. The summed E-state index contributed by atoms with van der Waals surface area (Å²) >= 11 is 1.84. The summed E-state index contributed by atoms with van der Waals surface area (Å²) in [6.07, 6.45) is 11.1. The van der Waals surface area contributed by atoms with Crippen molar-refractivity contribution in [3.05, 3.63) is 22.4 Å². The van der Waals surface area contributed by atoms with Crippen molar-refractivity contribution in [3.8, 4) is 0 Å². The minimum Gasteiger partial charge on any atom is -0.377 e. The molecule has 0 radical (unpaired) electrons. The highest BCUT2D eigenvalue weighted by Gasteiger charge is 2.54. The Morgan fingerprint density at radius 2 is 2.10 bits per heavy atom. The monoisotopic (exact) mass is 293 g/mol. The van der Waals surface area contributed by atoms with E-state index in [1.165, 1.54) is 49.8 Å². The van der Waals surface area contributed by atoms with Gasteiger partial charge in [0.1, 0.15) is 0 Å². The molecule has 0 saturated heterocycles. The van der Waals surface area contributed by atoms with Gasteiger partial charge >= 0.3 is 0 Å². The number of thiophene rings is 1. The summed E-state index contributed by atoms with van der Waals surface area (Å²) in [6.45, 7) is 0.892. The van der Waals surface area contributed by atoms with Crippen molar-refractivity contribution in [3.63, 3.8) is 0 Å². The molecule has 2 saturated carbocycles. The van der Waals surface area contributed by atoms with Crippen LogP contribution in [-0.2, 0) is 11.2 Å². The van der Waals surface area contributed by atoms with Gasteiger partial charge in [-0.2, -0.15) is 0 Å². The van der Waals surface area contributed by atoms with Gasteiger partial charge in [-0.25, -0.2) is 0 Å². The highest BCUT2D eigenvalue weighted by Crippen LogP contribution is 2.52. The molecule has 112 valence electrons. The van der Waals surface area contributed by atoms with Crippen molar-refractivity contribution in [1.29, 1.82) is 0 Å². The van der Waals surface area contributed by atoms with Crippen LogP contribution >= 0.6 is 11.3 Å². The van der Waals surface area contributed by atoms with Crippen LogP contribution in [0, 0.1) is 5.41 Å². The fraction of sp³-hybridized carbons (Fsp3) is 0.765. The van der Waals surface area contributed by atoms with Crippen LogP contribution in [0.3, 0.4) is 0 Å². The lowest BCUT2D eigenvalue weighted by atomic mass is 9.58. The topological polar surface area (TPSA) is 21.3 Å². The molecule has 3 heteroatoms. The van der Waals surface area contributed by atoms with Gasteiger partial charge in [-0.15, -0.1) is 11.3 Å². The van der Waals surface area contributed by atoms with Crippen LogP contribution in [0.4, 0.5) is 0 Å². The minimum atomic E-state index is 0.445. The molecule has 2 fully saturated rings. The van der Waals surface area contributed by atoms with Crippen molar-refractivity contribution in [1.82, 2.24) is 5.32 Å². The van der Waals surface area contributed by atoms with Gasteiger partial charge in [-0.3, -0.25) is 0 Å². The first-order chi connectivity index (χ1) is 9.85. The number of nitrogens with one attached hydrogen (secondary N) is 1. The second-order valence-electron chi connectivity index (χ2n) is 6.41. The van der Waals surface area contributed by atoms with E-state index in [4.69, 9.17) is 4.74 Å². The van der Waals surface area contributed by atoms with Crippen LogP contribution in [0.5, 0.6) is 0 Å². The quantitative estimate of drug-likeness (QED) is 0.885. The zero-order chi connectivity index (χ0) is 13.8. The fourth-order valence-corrected chi connectivity index (χ4v) is 4.89. The molecule has 0 amide bonds. The Labute approximate surface area is 126 Å². The maximum absolute atomic E-state index is 6.30. The van der Waals surface area contributed by atoms with Crippen LogP contribution in [0.1, 0.15) is 49.8 Å². The Morgan fingerprint density at radius 3 is 2.75 bits per heavy atom. The predicted molar refractivity (Wildman–Crippen MR) is 85.4 cm³/mol. The molecule has 2 nitrogen and oxygen atoms in total. The fourth-order valence-electron chi connectivity index (χ4n) is 4.20. The van der Waals surface area contributed by atoms with Gasteiger partial charge in [0, 0.05) is 22.8 Å². The van der Waals surface area contributed by atoms with Gasteiger partial charge in [0.2, 0.25) is 0 Å². The Kier molecular flexibility index (Phi) is 4.79. The molecule has 2 unspecified atom stereocenters. The largest absolute Gasteiger partial charge is 0.377 e. The Balaban J connectivity index is 1.55. The van der Waals surface area contributed by atoms with Crippen molar-refractivity contribution in [2.45, 2.75) is 63.5 Å². The number of hydrogen-bond donors (Lipinski definition) is 1. The molecule has 1 aromatic heterocycles. The van der Waals surface area contributed by atoms with Gasteiger partial charge < -0.3 is 10.1 Å². The minimum absolute atomic E-state index is 0.445. The third kappa shape index (κ3) is 2.81. The van der Waals surface area contributed by atoms with Gasteiger partial charge in [0.05, 0.1) is 12.7 Å². The lowest BCUT2D eigenvalue weighted by Crippen LogP contribution is -2.63. The molecule has 0 bridgehead atoms. The van der Waals surface area contributed by atoms with E-state index in [1.807, 2.05) is 11.3 Å². The number of hydrogen-bond acceptors (Lipinski definition) is 3. The maximum atomic E-state index is 6.30. The van der Waals surface area contributed by atoms with Crippen LogP contribution in [0.2, 0.25) is 0 Å². The van der Waals surface area contributed by atoms with E-state index in [2.05, 4.69) is 29.9 Å². The molecule has 1 heterocycles. The summed E-state index contributed by atoms with van der Waals surface area (Å²) in [7, 11) is 2.12. The van der Waals surface area contributed by atoms with Crippen LogP contribution in [0.15, 0.2) is 17.5 Å². The Morgan fingerprint density at radius 1 is 1.30 bits per heavy atom. The van der Waals surface area contributed by atoms with E-state index in [-0.39, 0.29) is 0 Å². The molecule has 2 aliphatic carbocycles. The molecule has 1 aromatic rings. The van der Waals surface area contributed by atoms with Crippen molar-refractivity contribution in [2.24, 2.45) is 5.41 Å². The second-order valence-corrected chi connectivity index (χ2v) is 7.45. The Hall–Kier alpha value is -0.380. The molecular formula is C17H27NOS. The van der Waals surface area contributed by atoms with Gasteiger partial charge in [0.15, 0.2) is 0 Å². The molecule has 2 aliphatic rings. The summed E-state index contributed by atoms with van der Waals surface area (Å²) in [5, 5.41) is 5.70. The first-order valence-corrected chi connectivity index (χ1v) is 9.04. The van der Waals surface area contributed by atoms with Crippen LogP contribution < -0.4 is 5.32 Å². The first kappa shape index (κ1) is 14.6. The van der Waals surface area contributed by atoms with E-state index in [0.717, 1.165) is 13.0 Å². The molecular weight excluding hydrogens is 266 g/mol. The van der Waals surface area contributed by atoms with Crippen molar-refractivity contribution >= 4 is 11.3 Å². The standard InChI is InChI=1S/C17H27NOS/c1-18-15-13-16(17(15)9-4-2-3-5-10-17)19-11-8-14-7-6-12-20-14/h6-7,12,15-16,18H,2-5,8-11,13H2,1H3. The zero-order valence-electron chi connectivity index (χ0n) is 12.6. The summed E-state index contributed by atoms with van der Waals surface area (Å²) < 4.78 is 6.30. The molecule has 20 heavy (non-hydrogen) atoms. The Bertz CT molecular complexity index is 395. The van der Waals surface area contributed by atoms with Crippen LogP contribution in [0.25, 0.3) is 0 Å². The van der Waals surface area contributed by atoms with Gasteiger partial charge in [-0.05, 0) is 37.8 Å². The van der Waals surface area contributed by atoms with E-state index >= 15 is 0 Å². The lowest BCUT2D eigenvalue weighted by Gasteiger charge is -2.56. The normalized spacial score (nSPS) is 29.1. The highest BCUT2D eigenvalue weighted by atomic mass is 32.1. The summed E-state index contributed by atoms with van der Waals surface area (Å²) in [4.78, 5) is 1.45. The average Bonchev–Trinajstić information content (AvgIpc) is 2.83. The van der Waals surface area contributed by atoms with Gasteiger partial charge in [-0.1, -0.05) is 31.7 Å².